The molecule has 1 rings (SSSR count). The summed E-state index contributed by atoms with van der Waals surface area (Å²) in [5, 5.41) is 3.23. The van der Waals surface area contributed by atoms with Gasteiger partial charge >= 0.3 is 0 Å². The predicted molar refractivity (Wildman–Crippen MR) is 61.0 cm³/mol. The lowest BCUT2D eigenvalue weighted by Crippen LogP contribution is -2.34. The van der Waals surface area contributed by atoms with E-state index in [1.54, 1.807) is 0 Å². The molecule has 16 heavy (non-hydrogen) atoms. The van der Waals surface area contributed by atoms with Gasteiger partial charge in [0.05, 0.1) is 0 Å². The summed E-state index contributed by atoms with van der Waals surface area (Å²) in [5.74, 6) is -1.14. The summed E-state index contributed by atoms with van der Waals surface area (Å²) in [7, 11) is 0. The van der Waals surface area contributed by atoms with Crippen molar-refractivity contribution in [2.45, 2.75) is 32.4 Å². The molecule has 0 amide bonds. The molecule has 0 fully saturated rings. The van der Waals surface area contributed by atoms with Gasteiger partial charge in [0, 0.05) is 24.7 Å². The standard InChI is InChI=1S/C12H18F2N2/c1-3-8(2)16-12(7-15)9-4-10(13)6-11(14)5-9/h4-6,8,12,16H,3,7,15H2,1-2H3. The van der Waals surface area contributed by atoms with Crippen LogP contribution in [0.15, 0.2) is 18.2 Å². The summed E-state index contributed by atoms with van der Waals surface area (Å²) in [6.07, 6.45) is 0.939. The van der Waals surface area contributed by atoms with Gasteiger partial charge in [-0.3, -0.25) is 0 Å². The molecule has 0 bridgehead atoms. The molecule has 1 aromatic rings. The van der Waals surface area contributed by atoms with Crippen LogP contribution in [0.1, 0.15) is 31.9 Å². The quantitative estimate of drug-likeness (QED) is 0.812. The monoisotopic (exact) mass is 228 g/mol. The Morgan fingerprint density at radius 3 is 2.25 bits per heavy atom. The molecular formula is C12H18F2N2. The van der Waals surface area contributed by atoms with Gasteiger partial charge in [-0.1, -0.05) is 6.92 Å². The van der Waals surface area contributed by atoms with Gasteiger partial charge in [0.1, 0.15) is 11.6 Å². The molecule has 90 valence electrons. The molecule has 0 aliphatic rings. The minimum absolute atomic E-state index is 0.208. The van der Waals surface area contributed by atoms with E-state index in [1.165, 1.54) is 12.1 Å². The van der Waals surface area contributed by atoms with Gasteiger partial charge in [0.25, 0.3) is 0 Å². The predicted octanol–water partition coefficient (Wildman–Crippen LogP) is 2.35. The Kier molecular flexibility index (Phi) is 4.83. The Balaban J connectivity index is 2.86. The SMILES string of the molecule is CCC(C)NC(CN)c1cc(F)cc(F)c1. The second kappa shape index (κ2) is 5.92. The van der Waals surface area contributed by atoms with Crippen LogP contribution in [0.3, 0.4) is 0 Å². The highest BCUT2D eigenvalue weighted by molar-refractivity contribution is 5.21. The van der Waals surface area contributed by atoms with E-state index in [9.17, 15) is 8.78 Å². The number of nitrogens with one attached hydrogen (secondary N) is 1. The molecule has 2 nitrogen and oxygen atoms in total. The van der Waals surface area contributed by atoms with Crippen LogP contribution < -0.4 is 11.1 Å². The maximum absolute atomic E-state index is 13.0. The number of rotatable bonds is 5. The second-order valence-corrected chi connectivity index (χ2v) is 3.97. The van der Waals surface area contributed by atoms with Gasteiger partial charge in [-0.05, 0) is 31.0 Å². The second-order valence-electron chi connectivity index (χ2n) is 3.97. The minimum Gasteiger partial charge on any atom is -0.329 e. The molecule has 0 aliphatic heterocycles. The molecule has 0 spiro atoms. The number of hydrogen-bond donors (Lipinski definition) is 2. The summed E-state index contributed by atoms with van der Waals surface area (Å²) in [6.45, 7) is 4.36. The third-order valence-corrected chi connectivity index (χ3v) is 2.62. The van der Waals surface area contributed by atoms with Crippen LogP contribution in [0.4, 0.5) is 8.78 Å². The molecule has 0 radical (unpaired) electrons. The van der Waals surface area contributed by atoms with Crippen molar-refractivity contribution in [1.29, 1.82) is 0 Å². The third-order valence-electron chi connectivity index (χ3n) is 2.62. The number of benzene rings is 1. The van der Waals surface area contributed by atoms with Crippen LogP contribution in [-0.2, 0) is 0 Å². The summed E-state index contributed by atoms with van der Waals surface area (Å²) in [4.78, 5) is 0. The highest BCUT2D eigenvalue weighted by Gasteiger charge is 2.13. The average Bonchev–Trinajstić information content (AvgIpc) is 2.24. The third kappa shape index (κ3) is 3.54. The topological polar surface area (TPSA) is 38.0 Å². The van der Waals surface area contributed by atoms with Crippen molar-refractivity contribution in [3.63, 3.8) is 0 Å². The Hall–Kier alpha value is -1.00. The van der Waals surface area contributed by atoms with Crippen molar-refractivity contribution in [1.82, 2.24) is 5.32 Å². The Bertz CT molecular complexity index is 322. The molecular weight excluding hydrogens is 210 g/mol. The highest BCUT2D eigenvalue weighted by Crippen LogP contribution is 2.16. The summed E-state index contributed by atoms with van der Waals surface area (Å²) in [5.41, 5.74) is 6.16. The van der Waals surface area contributed by atoms with Crippen molar-refractivity contribution in [2.75, 3.05) is 6.54 Å². The lowest BCUT2D eigenvalue weighted by molar-refractivity contribution is 0.447. The first kappa shape index (κ1) is 13.1. The fourth-order valence-corrected chi connectivity index (χ4v) is 1.54. The van der Waals surface area contributed by atoms with Crippen LogP contribution in [0, 0.1) is 11.6 Å². The van der Waals surface area contributed by atoms with Gasteiger partial charge in [0.2, 0.25) is 0 Å². The van der Waals surface area contributed by atoms with Crippen LogP contribution in [-0.4, -0.2) is 12.6 Å². The smallest absolute Gasteiger partial charge is 0.126 e. The van der Waals surface area contributed by atoms with E-state index in [-0.39, 0.29) is 12.1 Å². The molecule has 3 N–H and O–H groups in total. The maximum atomic E-state index is 13.0. The summed E-state index contributed by atoms with van der Waals surface area (Å²) >= 11 is 0. The fraction of sp³-hybridized carbons (Fsp3) is 0.500. The van der Waals surface area contributed by atoms with Crippen LogP contribution >= 0.6 is 0 Å². The van der Waals surface area contributed by atoms with Gasteiger partial charge in [-0.2, -0.15) is 0 Å². The van der Waals surface area contributed by atoms with Gasteiger partial charge in [0.15, 0.2) is 0 Å². The molecule has 1 aromatic carbocycles. The maximum Gasteiger partial charge on any atom is 0.126 e. The zero-order valence-electron chi connectivity index (χ0n) is 9.63. The molecule has 0 saturated heterocycles. The first-order chi connectivity index (χ1) is 7.56. The first-order valence-electron chi connectivity index (χ1n) is 5.49. The summed E-state index contributed by atoms with van der Waals surface area (Å²) < 4.78 is 26.1. The lowest BCUT2D eigenvalue weighted by Gasteiger charge is -2.21. The molecule has 2 unspecified atom stereocenters. The van der Waals surface area contributed by atoms with Crippen LogP contribution in [0.5, 0.6) is 0 Å². The van der Waals surface area contributed by atoms with Gasteiger partial charge < -0.3 is 11.1 Å². The summed E-state index contributed by atoms with van der Waals surface area (Å²) in [6, 6.07) is 3.55. The van der Waals surface area contributed by atoms with E-state index in [4.69, 9.17) is 5.73 Å². The van der Waals surface area contributed by atoms with Crippen molar-refractivity contribution >= 4 is 0 Å². The van der Waals surface area contributed by atoms with E-state index in [2.05, 4.69) is 5.32 Å². The molecule has 0 heterocycles. The van der Waals surface area contributed by atoms with Crippen molar-refractivity contribution in [2.24, 2.45) is 5.73 Å². The number of nitrogens with two attached hydrogens (primary N) is 1. The number of halogens is 2. The number of hydrogen-bond acceptors (Lipinski definition) is 2. The van der Waals surface area contributed by atoms with Crippen molar-refractivity contribution < 1.29 is 8.78 Å². The largest absolute Gasteiger partial charge is 0.329 e. The fourth-order valence-electron chi connectivity index (χ4n) is 1.54. The highest BCUT2D eigenvalue weighted by atomic mass is 19.1. The van der Waals surface area contributed by atoms with Crippen LogP contribution in [0.2, 0.25) is 0 Å². The van der Waals surface area contributed by atoms with Gasteiger partial charge in [-0.25, -0.2) is 8.78 Å². The van der Waals surface area contributed by atoms with Crippen LogP contribution in [0.25, 0.3) is 0 Å². The Labute approximate surface area is 94.8 Å². The van der Waals surface area contributed by atoms with E-state index >= 15 is 0 Å². The molecule has 0 aliphatic carbocycles. The Morgan fingerprint density at radius 1 is 1.25 bits per heavy atom. The zero-order valence-corrected chi connectivity index (χ0v) is 9.63. The van der Waals surface area contributed by atoms with E-state index in [0.29, 0.717) is 12.1 Å². The van der Waals surface area contributed by atoms with Crippen molar-refractivity contribution in [3.05, 3.63) is 35.4 Å². The average molecular weight is 228 g/mol. The molecule has 4 heteroatoms. The van der Waals surface area contributed by atoms with E-state index in [0.717, 1.165) is 12.5 Å². The minimum atomic E-state index is -0.570. The molecule has 0 saturated carbocycles. The lowest BCUT2D eigenvalue weighted by atomic mass is 10.1. The van der Waals surface area contributed by atoms with Crippen molar-refractivity contribution in [3.8, 4) is 0 Å². The normalized spacial score (nSPS) is 14.8. The van der Waals surface area contributed by atoms with Gasteiger partial charge in [-0.15, -0.1) is 0 Å². The molecule has 2 atom stereocenters. The zero-order chi connectivity index (χ0) is 12.1. The first-order valence-corrected chi connectivity index (χ1v) is 5.49. The Morgan fingerprint density at radius 2 is 1.81 bits per heavy atom. The van der Waals surface area contributed by atoms with E-state index in [1.807, 2.05) is 13.8 Å². The molecule has 0 aromatic heterocycles. The van der Waals surface area contributed by atoms with E-state index < -0.39 is 11.6 Å².